The number of aryl methyl sites for hydroxylation is 1. The number of ether oxygens (including phenoxy) is 1. The Morgan fingerprint density at radius 1 is 0.941 bits per heavy atom. The summed E-state index contributed by atoms with van der Waals surface area (Å²) < 4.78 is 11.5. The van der Waals surface area contributed by atoms with Gasteiger partial charge in [0.25, 0.3) is 5.91 Å². The predicted molar refractivity (Wildman–Crippen MR) is 134 cm³/mol. The zero-order chi connectivity index (χ0) is 23.7. The van der Waals surface area contributed by atoms with Crippen LogP contribution in [-0.2, 0) is 4.74 Å². The van der Waals surface area contributed by atoms with Crippen molar-refractivity contribution in [1.82, 2.24) is 4.90 Å². The third-order valence-electron chi connectivity index (χ3n) is 6.64. The van der Waals surface area contributed by atoms with Gasteiger partial charge in [-0.25, -0.2) is 0 Å². The van der Waals surface area contributed by atoms with Crippen molar-refractivity contribution in [1.29, 1.82) is 0 Å². The Labute approximate surface area is 198 Å². The minimum atomic E-state index is -0.441. The van der Waals surface area contributed by atoms with Crippen LogP contribution in [0.5, 0.6) is 0 Å². The SMILES string of the molecule is Cc1ccc(N2CCN([14CH3])CC2)c2oc(C(=O)Nc3ccc(N4CCOCC4)cc3)cc(=O)c12. The molecule has 0 bridgehead atoms. The van der Waals surface area contributed by atoms with Crippen LogP contribution in [-0.4, -0.2) is 70.3 Å². The number of benzene rings is 2. The lowest BCUT2D eigenvalue weighted by atomic mass is 10.1. The van der Waals surface area contributed by atoms with Crippen LogP contribution in [0, 0.1) is 6.92 Å². The highest BCUT2D eigenvalue weighted by Gasteiger charge is 2.21. The Morgan fingerprint density at radius 2 is 1.65 bits per heavy atom. The first-order valence-electron chi connectivity index (χ1n) is 11.7. The van der Waals surface area contributed by atoms with Crippen LogP contribution >= 0.6 is 0 Å². The summed E-state index contributed by atoms with van der Waals surface area (Å²) >= 11 is 0. The van der Waals surface area contributed by atoms with E-state index in [1.165, 1.54) is 6.07 Å². The quantitative estimate of drug-likeness (QED) is 0.636. The second-order valence-electron chi connectivity index (χ2n) is 8.97. The van der Waals surface area contributed by atoms with Crippen molar-refractivity contribution < 1.29 is 13.9 Å². The molecule has 2 aromatic carbocycles. The molecule has 3 heterocycles. The van der Waals surface area contributed by atoms with Crippen molar-refractivity contribution in [3.05, 3.63) is 64.0 Å². The molecule has 2 fully saturated rings. The second-order valence-corrected chi connectivity index (χ2v) is 8.97. The molecule has 2 saturated heterocycles. The number of carbonyl (C=O) groups is 1. The molecular weight excluding hydrogens is 434 g/mol. The van der Waals surface area contributed by atoms with E-state index < -0.39 is 5.91 Å². The molecule has 0 spiro atoms. The van der Waals surface area contributed by atoms with Gasteiger partial charge in [0.2, 0.25) is 0 Å². The molecule has 1 N–H and O–H groups in total. The molecule has 2 aliphatic heterocycles. The fraction of sp³-hybridized carbons (Fsp3) is 0.385. The van der Waals surface area contributed by atoms with Crippen LogP contribution in [0.3, 0.4) is 0 Å². The Balaban J connectivity index is 1.41. The molecule has 1 amide bonds. The molecule has 34 heavy (non-hydrogen) atoms. The lowest BCUT2D eigenvalue weighted by molar-refractivity contribution is 0.0997. The summed E-state index contributed by atoms with van der Waals surface area (Å²) in [4.78, 5) is 32.8. The molecule has 0 atom stereocenters. The number of morpholine rings is 1. The number of hydrogen-bond donors (Lipinski definition) is 1. The molecule has 2 aliphatic rings. The number of piperazine rings is 1. The van der Waals surface area contributed by atoms with Gasteiger partial charge in [0, 0.05) is 56.7 Å². The number of amides is 1. The van der Waals surface area contributed by atoms with Crippen molar-refractivity contribution in [2.24, 2.45) is 0 Å². The number of rotatable bonds is 4. The number of likely N-dealkylation sites (N-methyl/N-ethyl adjacent to an activating group) is 1. The summed E-state index contributed by atoms with van der Waals surface area (Å²) in [5.41, 5.74) is 3.70. The van der Waals surface area contributed by atoms with Crippen molar-refractivity contribution in [3.8, 4) is 0 Å². The summed E-state index contributed by atoms with van der Waals surface area (Å²) in [6.07, 6.45) is 0. The van der Waals surface area contributed by atoms with E-state index in [9.17, 15) is 9.59 Å². The lowest BCUT2D eigenvalue weighted by Gasteiger charge is -2.34. The third kappa shape index (κ3) is 4.51. The maximum atomic E-state index is 13.0. The van der Waals surface area contributed by atoms with Gasteiger partial charge in [0.1, 0.15) is 0 Å². The first kappa shape index (κ1) is 22.4. The molecule has 3 aromatic rings. The van der Waals surface area contributed by atoms with Crippen LogP contribution in [0.15, 0.2) is 51.7 Å². The summed E-state index contributed by atoms with van der Waals surface area (Å²) in [7, 11) is 2.10. The summed E-state index contributed by atoms with van der Waals surface area (Å²) in [5, 5.41) is 3.40. The van der Waals surface area contributed by atoms with E-state index in [0.29, 0.717) is 16.7 Å². The fourth-order valence-electron chi connectivity index (χ4n) is 4.59. The van der Waals surface area contributed by atoms with Gasteiger partial charge in [-0.2, -0.15) is 0 Å². The lowest BCUT2D eigenvalue weighted by Crippen LogP contribution is -2.44. The molecule has 8 heteroatoms. The minimum Gasteiger partial charge on any atom is -0.448 e. The van der Waals surface area contributed by atoms with Crippen LogP contribution in [0.4, 0.5) is 17.1 Å². The van der Waals surface area contributed by atoms with E-state index in [2.05, 4.69) is 27.1 Å². The fourth-order valence-corrected chi connectivity index (χ4v) is 4.59. The van der Waals surface area contributed by atoms with Gasteiger partial charge in [-0.1, -0.05) is 6.07 Å². The van der Waals surface area contributed by atoms with Crippen LogP contribution < -0.4 is 20.5 Å². The summed E-state index contributed by atoms with van der Waals surface area (Å²) in [5.74, 6) is -0.431. The normalized spacial score (nSPS) is 17.2. The van der Waals surface area contributed by atoms with E-state index in [0.717, 1.165) is 69.4 Å². The van der Waals surface area contributed by atoms with Gasteiger partial charge in [0.15, 0.2) is 16.8 Å². The largest absolute Gasteiger partial charge is 0.448 e. The number of hydrogen-bond acceptors (Lipinski definition) is 7. The van der Waals surface area contributed by atoms with Crippen LogP contribution in [0.1, 0.15) is 16.1 Å². The Morgan fingerprint density at radius 3 is 2.35 bits per heavy atom. The maximum Gasteiger partial charge on any atom is 0.291 e. The van der Waals surface area contributed by atoms with Crippen LogP contribution in [0.25, 0.3) is 11.0 Å². The number of fused-ring (bicyclic) bond motifs is 1. The molecule has 0 saturated carbocycles. The third-order valence-corrected chi connectivity index (χ3v) is 6.64. The van der Waals surface area contributed by atoms with E-state index in [4.69, 9.17) is 9.15 Å². The first-order valence-corrected chi connectivity index (χ1v) is 11.7. The number of anilines is 3. The zero-order valence-electron chi connectivity index (χ0n) is 19.7. The summed E-state index contributed by atoms with van der Waals surface area (Å²) in [6.45, 7) is 8.56. The van der Waals surface area contributed by atoms with E-state index >= 15 is 0 Å². The molecule has 1 aromatic heterocycles. The van der Waals surface area contributed by atoms with Gasteiger partial charge in [-0.3, -0.25) is 9.59 Å². The average molecular weight is 465 g/mol. The van der Waals surface area contributed by atoms with Crippen molar-refractivity contribution >= 4 is 33.9 Å². The highest BCUT2D eigenvalue weighted by molar-refractivity contribution is 6.04. The van der Waals surface area contributed by atoms with E-state index in [1.807, 2.05) is 43.3 Å². The van der Waals surface area contributed by atoms with Gasteiger partial charge >= 0.3 is 0 Å². The molecular formula is C26H30N4O4. The van der Waals surface area contributed by atoms with Crippen LogP contribution in [0.2, 0.25) is 0 Å². The Kier molecular flexibility index (Phi) is 6.26. The average Bonchev–Trinajstić information content (AvgIpc) is 2.85. The second kappa shape index (κ2) is 9.48. The van der Waals surface area contributed by atoms with Gasteiger partial charge in [0.05, 0.1) is 24.3 Å². The monoisotopic (exact) mass is 464 g/mol. The highest BCUT2D eigenvalue weighted by Crippen LogP contribution is 2.29. The van der Waals surface area contributed by atoms with Gasteiger partial charge < -0.3 is 29.2 Å². The predicted octanol–water partition coefficient (Wildman–Crippen LogP) is 2.94. The summed E-state index contributed by atoms with van der Waals surface area (Å²) in [6, 6.07) is 12.9. The van der Waals surface area contributed by atoms with E-state index in [-0.39, 0.29) is 11.2 Å². The Hall–Kier alpha value is -3.36. The topological polar surface area (TPSA) is 78.3 Å². The Bertz CT molecular complexity index is 1240. The van der Waals surface area contributed by atoms with Crippen molar-refractivity contribution in [2.45, 2.75) is 6.92 Å². The molecule has 0 aliphatic carbocycles. The molecule has 178 valence electrons. The minimum absolute atomic E-state index is 0.00994. The smallest absolute Gasteiger partial charge is 0.291 e. The van der Waals surface area contributed by atoms with E-state index in [1.54, 1.807) is 0 Å². The maximum absolute atomic E-state index is 13.0. The highest BCUT2D eigenvalue weighted by atomic mass is 16.5. The molecule has 0 radical (unpaired) electrons. The molecule has 0 unspecified atom stereocenters. The number of nitrogens with zero attached hydrogens (tertiary/aromatic N) is 3. The molecule has 8 nitrogen and oxygen atoms in total. The first-order chi connectivity index (χ1) is 16.5. The van der Waals surface area contributed by atoms with Gasteiger partial charge in [-0.15, -0.1) is 0 Å². The zero-order valence-corrected chi connectivity index (χ0v) is 19.7. The molecule has 5 rings (SSSR count). The number of nitrogens with one attached hydrogen (secondary N) is 1. The van der Waals surface area contributed by atoms with Crippen molar-refractivity contribution in [2.75, 3.05) is 74.6 Å². The number of carbonyl (C=O) groups excluding carboxylic acids is 1. The standard InChI is InChI=1S/C26H30N4O4/c1-18-3-8-21(30-11-9-28(2)10-12-30)25-24(18)22(31)17-23(34-25)26(32)27-19-4-6-20(7-5-19)29-13-15-33-16-14-29/h3-8,17H,9-16H2,1-2H3,(H,27,32)/i2+2. The van der Waals surface area contributed by atoms with Gasteiger partial charge in [-0.05, 0) is 49.9 Å². The van der Waals surface area contributed by atoms with Crippen molar-refractivity contribution in [3.63, 3.8) is 0 Å².